The number of nitrogens with zero attached hydrogens (tertiary/aromatic N) is 1. The van der Waals surface area contributed by atoms with Gasteiger partial charge in [-0.1, -0.05) is 0 Å². The molecule has 0 atom stereocenters. The van der Waals surface area contributed by atoms with Crippen molar-refractivity contribution in [2.24, 2.45) is 0 Å². The molecule has 0 aliphatic rings. The molecule has 0 aliphatic heterocycles. The van der Waals surface area contributed by atoms with E-state index in [9.17, 15) is 19.7 Å². The fourth-order valence-electron chi connectivity index (χ4n) is 1.94. The van der Waals surface area contributed by atoms with Gasteiger partial charge < -0.3 is 15.0 Å². The van der Waals surface area contributed by atoms with Crippen molar-refractivity contribution in [3.8, 4) is 0 Å². The van der Waals surface area contributed by atoms with Crippen molar-refractivity contribution in [1.82, 2.24) is 15.0 Å². The van der Waals surface area contributed by atoms with E-state index in [0.717, 1.165) is 0 Å². The van der Waals surface area contributed by atoms with Crippen LogP contribution in [0.2, 0.25) is 0 Å². The first-order valence-electron chi connectivity index (χ1n) is 4.99. The van der Waals surface area contributed by atoms with Gasteiger partial charge in [0.15, 0.2) is 0 Å². The lowest BCUT2D eigenvalue weighted by Gasteiger charge is -2.00. The van der Waals surface area contributed by atoms with Gasteiger partial charge in [-0.25, -0.2) is 0 Å². The van der Waals surface area contributed by atoms with Gasteiger partial charge in [0.1, 0.15) is 11.0 Å². The highest BCUT2D eigenvalue weighted by Crippen LogP contribution is 2.30. The van der Waals surface area contributed by atoms with Gasteiger partial charge in [-0.15, -0.1) is 0 Å². The summed E-state index contributed by atoms with van der Waals surface area (Å²) < 4.78 is 0. The van der Waals surface area contributed by atoms with Crippen LogP contribution < -0.4 is 11.1 Å². The zero-order valence-corrected chi connectivity index (χ0v) is 8.81. The number of aromatic amines is 3. The Morgan fingerprint density at radius 2 is 1.83 bits per heavy atom. The summed E-state index contributed by atoms with van der Waals surface area (Å²) in [7, 11) is 0. The maximum atomic E-state index is 11.3. The van der Waals surface area contributed by atoms with E-state index in [1.165, 1.54) is 0 Å². The van der Waals surface area contributed by atoms with Gasteiger partial charge in [-0.05, 0) is 12.1 Å². The Morgan fingerprint density at radius 1 is 1.11 bits per heavy atom. The molecule has 8 nitrogen and oxygen atoms in total. The third kappa shape index (κ3) is 1.25. The van der Waals surface area contributed by atoms with E-state index in [-0.39, 0.29) is 16.7 Å². The Morgan fingerprint density at radius 3 is 2.56 bits per heavy atom. The predicted octanol–water partition coefficient (Wildman–Crippen LogP) is 0.606. The van der Waals surface area contributed by atoms with E-state index >= 15 is 0 Å². The van der Waals surface area contributed by atoms with Crippen molar-refractivity contribution in [1.29, 1.82) is 0 Å². The van der Waals surface area contributed by atoms with Crippen LogP contribution in [-0.4, -0.2) is 19.9 Å². The molecule has 0 fully saturated rings. The number of fused-ring (bicyclic) bond motifs is 2. The Balaban J connectivity index is 2.67. The Hall–Kier alpha value is -2.90. The zero-order chi connectivity index (χ0) is 12.9. The molecule has 90 valence electrons. The molecule has 2 heterocycles. The first-order chi connectivity index (χ1) is 8.58. The fourth-order valence-corrected chi connectivity index (χ4v) is 1.94. The van der Waals surface area contributed by atoms with Gasteiger partial charge in [-0.2, -0.15) is 0 Å². The highest BCUT2D eigenvalue weighted by atomic mass is 16.6. The summed E-state index contributed by atoms with van der Waals surface area (Å²) in [6.07, 6.45) is 1.55. The van der Waals surface area contributed by atoms with Crippen LogP contribution in [0.3, 0.4) is 0 Å². The molecule has 0 amide bonds. The SMILES string of the molecule is O=c1[nH]c2cc3cc[nH]c3c([N+](=O)[O-])c2[nH]c1=O. The van der Waals surface area contributed by atoms with Crippen LogP contribution in [0.25, 0.3) is 21.9 Å². The van der Waals surface area contributed by atoms with Crippen LogP contribution in [0.15, 0.2) is 27.9 Å². The maximum Gasteiger partial charge on any atom is 0.318 e. The smallest absolute Gasteiger partial charge is 0.318 e. The van der Waals surface area contributed by atoms with Crippen molar-refractivity contribution < 1.29 is 4.92 Å². The fraction of sp³-hybridized carbons (Fsp3) is 0. The molecule has 0 saturated heterocycles. The predicted molar refractivity (Wildman–Crippen MR) is 63.7 cm³/mol. The maximum absolute atomic E-state index is 11.3. The molecule has 1 aromatic carbocycles. The molecule has 8 heteroatoms. The number of hydrogen-bond acceptors (Lipinski definition) is 4. The van der Waals surface area contributed by atoms with E-state index in [4.69, 9.17) is 0 Å². The molecule has 3 rings (SSSR count). The van der Waals surface area contributed by atoms with Gasteiger partial charge in [0.2, 0.25) is 0 Å². The summed E-state index contributed by atoms with van der Waals surface area (Å²) in [5, 5.41) is 11.7. The molecule has 18 heavy (non-hydrogen) atoms. The van der Waals surface area contributed by atoms with Gasteiger partial charge in [0.25, 0.3) is 0 Å². The summed E-state index contributed by atoms with van der Waals surface area (Å²) in [6, 6.07) is 3.21. The first-order valence-corrected chi connectivity index (χ1v) is 4.99. The second kappa shape index (κ2) is 3.29. The standard InChI is InChI=1S/C10H6N4O4/c15-9-10(16)13-7-5(12-9)3-4-1-2-11-6(4)8(7)14(17)18/h1-3,11H,(H,12,15)(H,13,16). The van der Waals surface area contributed by atoms with Crippen LogP contribution >= 0.6 is 0 Å². The molecule has 0 unspecified atom stereocenters. The van der Waals surface area contributed by atoms with E-state index in [2.05, 4.69) is 15.0 Å². The average molecular weight is 246 g/mol. The minimum Gasteiger partial charge on any atom is -0.356 e. The molecular weight excluding hydrogens is 240 g/mol. The summed E-state index contributed by atoms with van der Waals surface area (Å²) in [5.74, 6) is 0. The molecule has 0 bridgehead atoms. The number of nitro groups is 1. The first kappa shape index (κ1) is 10.3. The molecule has 2 aromatic heterocycles. The lowest BCUT2D eigenvalue weighted by Crippen LogP contribution is -2.29. The molecule has 0 saturated carbocycles. The normalized spacial score (nSPS) is 11.1. The van der Waals surface area contributed by atoms with E-state index in [0.29, 0.717) is 10.9 Å². The number of nitrogens with one attached hydrogen (secondary N) is 3. The van der Waals surface area contributed by atoms with Crippen molar-refractivity contribution in [3.63, 3.8) is 0 Å². The van der Waals surface area contributed by atoms with E-state index in [1.807, 2.05) is 0 Å². The zero-order valence-electron chi connectivity index (χ0n) is 8.81. The second-order valence-corrected chi connectivity index (χ2v) is 3.75. The van der Waals surface area contributed by atoms with Crippen LogP contribution in [0.5, 0.6) is 0 Å². The number of non-ortho nitro benzene ring substituents is 1. The minimum absolute atomic E-state index is 0.000417. The summed E-state index contributed by atoms with van der Waals surface area (Å²) >= 11 is 0. The van der Waals surface area contributed by atoms with Crippen molar-refractivity contribution >= 4 is 27.6 Å². The van der Waals surface area contributed by atoms with E-state index < -0.39 is 16.0 Å². The van der Waals surface area contributed by atoms with Gasteiger partial charge in [-0.3, -0.25) is 19.7 Å². The van der Waals surface area contributed by atoms with Crippen LogP contribution in [0, 0.1) is 10.1 Å². The molecule has 3 aromatic rings. The number of nitro benzene ring substituents is 1. The Bertz CT molecular complexity index is 902. The average Bonchev–Trinajstić information content (AvgIpc) is 2.74. The van der Waals surface area contributed by atoms with E-state index in [1.54, 1.807) is 18.3 Å². The van der Waals surface area contributed by atoms with Crippen LogP contribution in [-0.2, 0) is 0 Å². The number of hydrogen-bond donors (Lipinski definition) is 3. The topological polar surface area (TPSA) is 125 Å². The Kier molecular flexibility index (Phi) is 1.88. The van der Waals surface area contributed by atoms with Crippen LogP contribution in [0.4, 0.5) is 5.69 Å². The highest BCUT2D eigenvalue weighted by molar-refractivity contribution is 6.03. The lowest BCUT2D eigenvalue weighted by atomic mass is 10.2. The van der Waals surface area contributed by atoms with Crippen molar-refractivity contribution in [2.45, 2.75) is 0 Å². The lowest BCUT2D eigenvalue weighted by molar-refractivity contribution is -0.381. The third-order valence-electron chi connectivity index (χ3n) is 2.70. The van der Waals surface area contributed by atoms with Crippen molar-refractivity contribution in [2.75, 3.05) is 0 Å². The highest BCUT2D eigenvalue weighted by Gasteiger charge is 2.20. The molecule has 0 radical (unpaired) electrons. The number of H-pyrrole nitrogens is 3. The largest absolute Gasteiger partial charge is 0.356 e. The summed E-state index contributed by atoms with van der Waals surface area (Å²) in [5.41, 5.74) is -1.50. The minimum atomic E-state index is -0.920. The van der Waals surface area contributed by atoms with Gasteiger partial charge >= 0.3 is 16.8 Å². The van der Waals surface area contributed by atoms with Gasteiger partial charge in [0.05, 0.1) is 10.4 Å². The number of rotatable bonds is 1. The molecular formula is C10H6N4O4. The molecule has 3 N–H and O–H groups in total. The monoisotopic (exact) mass is 246 g/mol. The summed E-state index contributed by atoms with van der Waals surface area (Å²) in [4.78, 5) is 40.2. The third-order valence-corrected chi connectivity index (χ3v) is 2.70. The van der Waals surface area contributed by atoms with Crippen LogP contribution in [0.1, 0.15) is 0 Å². The number of benzene rings is 1. The molecule has 0 spiro atoms. The Labute approximate surface area is 97.4 Å². The number of aromatic nitrogens is 3. The van der Waals surface area contributed by atoms with Gasteiger partial charge in [0, 0.05) is 11.6 Å². The molecule has 0 aliphatic carbocycles. The quantitative estimate of drug-likeness (QED) is 0.330. The second-order valence-electron chi connectivity index (χ2n) is 3.75. The van der Waals surface area contributed by atoms with Crippen molar-refractivity contribution in [3.05, 3.63) is 49.2 Å². The summed E-state index contributed by atoms with van der Waals surface area (Å²) in [6.45, 7) is 0.